The molecule has 1 aromatic rings. The van der Waals surface area contributed by atoms with Gasteiger partial charge in [-0.3, -0.25) is 4.79 Å². The Kier molecular flexibility index (Phi) is 6.74. The number of piperidine rings is 1. The first-order chi connectivity index (χ1) is 11.4. The molecule has 3 rings (SSSR count). The van der Waals surface area contributed by atoms with Crippen molar-refractivity contribution < 1.29 is 18.0 Å². The number of hydrogen-bond acceptors (Lipinski definition) is 2. The zero-order chi connectivity index (χ0) is 17.2. The maximum Gasteiger partial charge on any atom is 0.416 e. The van der Waals surface area contributed by atoms with E-state index in [2.05, 4.69) is 10.6 Å². The normalized spacial score (nSPS) is 25.8. The number of benzene rings is 1. The Hall–Kier alpha value is -1.27. The Balaban J connectivity index is 0.00000225. The zero-order valence-electron chi connectivity index (χ0n) is 13.9. The number of amides is 1. The minimum absolute atomic E-state index is 0. The molecule has 3 unspecified atom stereocenters. The summed E-state index contributed by atoms with van der Waals surface area (Å²) in [7, 11) is 0. The van der Waals surface area contributed by atoms with Crippen molar-refractivity contribution in [2.75, 3.05) is 19.6 Å². The number of halogens is 4. The number of nitrogens with one attached hydrogen (secondary N) is 2. The van der Waals surface area contributed by atoms with Gasteiger partial charge < -0.3 is 10.6 Å². The van der Waals surface area contributed by atoms with Gasteiger partial charge in [-0.05, 0) is 62.2 Å². The first kappa shape index (κ1) is 20.0. The molecule has 2 fully saturated rings. The molecule has 25 heavy (non-hydrogen) atoms. The lowest BCUT2D eigenvalue weighted by Gasteiger charge is -2.22. The molecule has 140 valence electrons. The standard InChI is InChI=1S/C18H23F3N2O.ClH/c19-18(20,21)14-5-1-4-13(9-14)15-10-16(15)17(24)23-8-6-12-3-2-7-22-11-12;/h1,4-5,9,12,15-16,22H,2-3,6-8,10-11H2,(H,23,24);1H. The molecule has 0 aromatic heterocycles. The topological polar surface area (TPSA) is 41.1 Å². The number of alkyl halides is 3. The average Bonchev–Trinajstić information content (AvgIpc) is 3.36. The molecular formula is C18H24ClF3N2O. The van der Waals surface area contributed by atoms with Crippen LogP contribution in [0.3, 0.4) is 0 Å². The molecule has 1 saturated heterocycles. The summed E-state index contributed by atoms with van der Waals surface area (Å²) in [6.45, 7) is 2.73. The van der Waals surface area contributed by atoms with Crippen LogP contribution in [0.25, 0.3) is 0 Å². The monoisotopic (exact) mass is 376 g/mol. The van der Waals surface area contributed by atoms with Gasteiger partial charge in [0.15, 0.2) is 0 Å². The number of carbonyl (C=O) groups excluding carboxylic acids is 1. The Morgan fingerprint density at radius 2 is 2.12 bits per heavy atom. The molecule has 1 aromatic carbocycles. The predicted molar refractivity (Wildman–Crippen MR) is 92.8 cm³/mol. The van der Waals surface area contributed by atoms with E-state index in [-0.39, 0.29) is 30.2 Å². The van der Waals surface area contributed by atoms with Crippen LogP contribution in [0, 0.1) is 11.8 Å². The number of rotatable bonds is 5. The quantitative estimate of drug-likeness (QED) is 0.822. The lowest BCUT2D eigenvalue weighted by Crippen LogP contribution is -2.33. The molecule has 3 atom stereocenters. The Morgan fingerprint density at radius 3 is 2.80 bits per heavy atom. The molecule has 3 nitrogen and oxygen atoms in total. The third-order valence-corrected chi connectivity index (χ3v) is 5.02. The van der Waals surface area contributed by atoms with Gasteiger partial charge in [0.1, 0.15) is 0 Å². The molecule has 0 spiro atoms. The molecular weight excluding hydrogens is 353 g/mol. The van der Waals surface area contributed by atoms with Gasteiger partial charge in [0.05, 0.1) is 5.56 Å². The van der Waals surface area contributed by atoms with Gasteiger partial charge in [-0.1, -0.05) is 18.2 Å². The van der Waals surface area contributed by atoms with Crippen LogP contribution in [0.5, 0.6) is 0 Å². The molecule has 1 saturated carbocycles. The highest BCUT2D eigenvalue weighted by Gasteiger charge is 2.44. The molecule has 7 heteroatoms. The van der Waals surface area contributed by atoms with E-state index in [1.165, 1.54) is 25.0 Å². The molecule has 1 aliphatic carbocycles. The number of carbonyl (C=O) groups is 1. The van der Waals surface area contributed by atoms with Crippen molar-refractivity contribution in [3.8, 4) is 0 Å². The van der Waals surface area contributed by atoms with Crippen molar-refractivity contribution in [3.05, 3.63) is 35.4 Å². The van der Waals surface area contributed by atoms with Crippen molar-refractivity contribution in [2.24, 2.45) is 11.8 Å². The fourth-order valence-electron chi connectivity index (χ4n) is 3.50. The molecule has 1 heterocycles. The minimum Gasteiger partial charge on any atom is -0.356 e. The molecule has 2 N–H and O–H groups in total. The molecule has 1 amide bonds. The third-order valence-electron chi connectivity index (χ3n) is 5.02. The highest BCUT2D eigenvalue weighted by Crippen LogP contribution is 2.48. The second-order valence-electron chi connectivity index (χ2n) is 6.86. The summed E-state index contributed by atoms with van der Waals surface area (Å²) in [5, 5.41) is 6.30. The lowest BCUT2D eigenvalue weighted by atomic mass is 9.96. The van der Waals surface area contributed by atoms with Crippen LogP contribution in [-0.2, 0) is 11.0 Å². The van der Waals surface area contributed by atoms with E-state index in [1.54, 1.807) is 6.07 Å². The molecule has 1 aliphatic heterocycles. The van der Waals surface area contributed by atoms with Crippen molar-refractivity contribution >= 4 is 18.3 Å². The van der Waals surface area contributed by atoms with Crippen LogP contribution in [0.2, 0.25) is 0 Å². The smallest absolute Gasteiger partial charge is 0.356 e. The van der Waals surface area contributed by atoms with Crippen LogP contribution in [0.1, 0.15) is 42.7 Å². The van der Waals surface area contributed by atoms with E-state index in [9.17, 15) is 18.0 Å². The van der Waals surface area contributed by atoms with Gasteiger partial charge in [-0.2, -0.15) is 13.2 Å². The van der Waals surface area contributed by atoms with E-state index in [1.807, 2.05) is 0 Å². The van der Waals surface area contributed by atoms with Gasteiger partial charge >= 0.3 is 6.18 Å². The highest BCUT2D eigenvalue weighted by atomic mass is 35.5. The summed E-state index contributed by atoms with van der Waals surface area (Å²) in [5.74, 6) is 0.320. The van der Waals surface area contributed by atoms with Gasteiger partial charge in [-0.25, -0.2) is 0 Å². The fraction of sp³-hybridized carbons (Fsp3) is 0.611. The molecule has 0 radical (unpaired) electrons. The SMILES string of the molecule is Cl.O=C(NCCC1CCCNC1)C1CC1c1cccc(C(F)(F)F)c1. The third kappa shape index (κ3) is 5.35. The van der Waals surface area contributed by atoms with Gasteiger partial charge in [-0.15, -0.1) is 12.4 Å². The van der Waals surface area contributed by atoms with Gasteiger partial charge in [0.2, 0.25) is 5.91 Å². The summed E-state index contributed by atoms with van der Waals surface area (Å²) in [6, 6.07) is 5.34. The number of hydrogen-bond donors (Lipinski definition) is 2. The van der Waals surface area contributed by atoms with Gasteiger partial charge in [0.25, 0.3) is 0 Å². The van der Waals surface area contributed by atoms with Crippen LogP contribution >= 0.6 is 12.4 Å². The summed E-state index contributed by atoms with van der Waals surface area (Å²) in [5.41, 5.74) is -0.0303. The van der Waals surface area contributed by atoms with Crippen LogP contribution < -0.4 is 10.6 Å². The Labute approximate surface area is 152 Å². The van der Waals surface area contributed by atoms with Crippen molar-refractivity contribution in [2.45, 2.75) is 37.8 Å². The summed E-state index contributed by atoms with van der Waals surface area (Å²) in [4.78, 5) is 12.2. The van der Waals surface area contributed by atoms with E-state index in [0.29, 0.717) is 24.4 Å². The molecule has 2 aliphatic rings. The minimum atomic E-state index is -4.34. The van der Waals surface area contributed by atoms with E-state index in [0.717, 1.165) is 25.6 Å². The molecule has 0 bridgehead atoms. The summed E-state index contributed by atoms with van der Waals surface area (Å²) < 4.78 is 38.3. The van der Waals surface area contributed by atoms with E-state index >= 15 is 0 Å². The predicted octanol–water partition coefficient (Wildman–Crippen LogP) is 3.74. The Morgan fingerprint density at radius 1 is 1.32 bits per heavy atom. The fourth-order valence-corrected chi connectivity index (χ4v) is 3.50. The van der Waals surface area contributed by atoms with Crippen molar-refractivity contribution in [3.63, 3.8) is 0 Å². The first-order valence-electron chi connectivity index (χ1n) is 8.61. The highest BCUT2D eigenvalue weighted by molar-refractivity contribution is 5.85. The largest absolute Gasteiger partial charge is 0.416 e. The summed E-state index contributed by atoms with van der Waals surface area (Å²) in [6.07, 6.45) is -0.369. The maximum absolute atomic E-state index is 12.8. The second-order valence-corrected chi connectivity index (χ2v) is 6.86. The van der Waals surface area contributed by atoms with Crippen molar-refractivity contribution in [1.29, 1.82) is 0 Å². The Bertz CT molecular complexity index is 588. The maximum atomic E-state index is 12.8. The summed E-state index contributed by atoms with van der Waals surface area (Å²) >= 11 is 0. The van der Waals surface area contributed by atoms with Crippen LogP contribution in [0.4, 0.5) is 13.2 Å². The zero-order valence-corrected chi connectivity index (χ0v) is 14.8. The van der Waals surface area contributed by atoms with Crippen molar-refractivity contribution in [1.82, 2.24) is 10.6 Å². The van der Waals surface area contributed by atoms with Crippen LogP contribution in [0.15, 0.2) is 24.3 Å². The van der Waals surface area contributed by atoms with Crippen LogP contribution in [-0.4, -0.2) is 25.5 Å². The van der Waals surface area contributed by atoms with E-state index < -0.39 is 11.7 Å². The second kappa shape index (κ2) is 8.41. The average molecular weight is 377 g/mol. The van der Waals surface area contributed by atoms with E-state index in [4.69, 9.17) is 0 Å². The van der Waals surface area contributed by atoms with Gasteiger partial charge in [0, 0.05) is 12.5 Å². The lowest BCUT2D eigenvalue weighted by molar-refractivity contribution is -0.137. The first-order valence-corrected chi connectivity index (χ1v) is 8.61.